The number of amides is 1. The number of rotatable bonds is 3. The summed E-state index contributed by atoms with van der Waals surface area (Å²) in [5.41, 5.74) is 9.31. The summed E-state index contributed by atoms with van der Waals surface area (Å²) >= 11 is 0. The van der Waals surface area contributed by atoms with Crippen LogP contribution in [0.4, 0.5) is 5.69 Å². The van der Waals surface area contributed by atoms with E-state index in [1.54, 1.807) is 0 Å². The maximum absolute atomic E-state index is 12.3. The number of likely N-dealkylation sites (tertiary alicyclic amines) is 1. The van der Waals surface area contributed by atoms with Gasteiger partial charge >= 0.3 is 0 Å². The van der Waals surface area contributed by atoms with E-state index in [9.17, 15) is 4.79 Å². The number of anilines is 1. The van der Waals surface area contributed by atoms with Gasteiger partial charge in [0.15, 0.2) is 0 Å². The highest BCUT2D eigenvalue weighted by molar-refractivity contribution is 5.77. The zero-order valence-corrected chi connectivity index (χ0v) is 12.0. The Morgan fingerprint density at radius 2 is 2.00 bits per heavy atom. The second-order valence-corrected chi connectivity index (χ2v) is 5.85. The zero-order valence-electron chi connectivity index (χ0n) is 12.0. The summed E-state index contributed by atoms with van der Waals surface area (Å²) in [5, 5.41) is 0. The van der Waals surface area contributed by atoms with Gasteiger partial charge in [-0.15, -0.1) is 0 Å². The molecule has 1 amide bonds. The molecule has 4 heteroatoms. The van der Waals surface area contributed by atoms with Gasteiger partial charge in [-0.3, -0.25) is 4.79 Å². The summed E-state index contributed by atoms with van der Waals surface area (Å²) in [6.07, 6.45) is 4.10. The van der Waals surface area contributed by atoms with Gasteiger partial charge < -0.3 is 15.5 Å². The molecule has 2 aliphatic heterocycles. The number of nitrogens with two attached hydrogens (primary N) is 1. The molecule has 0 saturated carbocycles. The number of benzene rings is 1. The second kappa shape index (κ2) is 5.83. The summed E-state index contributed by atoms with van der Waals surface area (Å²) < 4.78 is 0. The quantitative estimate of drug-likeness (QED) is 0.852. The molecule has 0 aliphatic carbocycles. The van der Waals surface area contributed by atoms with E-state index in [0.29, 0.717) is 6.42 Å². The molecular weight excluding hydrogens is 250 g/mol. The number of hydrogen-bond acceptors (Lipinski definition) is 3. The molecule has 0 bridgehead atoms. The van der Waals surface area contributed by atoms with Crippen LogP contribution >= 0.6 is 0 Å². The Labute approximate surface area is 120 Å². The highest BCUT2D eigenvalue weighted by Gasteiger charge is 2.22. The molecule has 1 saturated heterocycles. The molecule has 2 heterocycles. The van der Waals surface area contributed by atoms with E-state index in [-0.39, 0.29) is 5.91 Å². The van der Waals surface area contributed by atoms with Crippen molar-refractivity contribution in [3.63, 3.8) is 0 Å². The number of nitrogens with zero attached hydrogens (tertiary/aromatic N) is 2. The van der Waals surface area contributed by atoms with Gasteiger partial charge in [-0.1, -0.05) is 12.1 Å². The van der Waals surface area contributed by atoms with Crippen LogP contribution in [0.25, 0.3) is 0 Å². The third-order valence-corrected chi connectivity index (χ3v) is 4.50. The van der Waals surface area contributed by atoms with Gasteiger partial charge in [0.2, 0.25) is 5.91 Å². The normalized spacial score (nSPS) is 19.1. The average molecular weight is 273 g/mol. The molecule has 2 aliphatic rings. The number of nitrogen functional groups attached to an aromatic ring is 1. The smallest absolute Gasteiger partial charge is 0.224 e. The Morgan fingerprint density at radius 3 is 2.80 bits per heavy atom. The van der Waals surface area contributed by atoms with Crippen molar-refractivity contribution in [3.05, 3.63) is 29.3 Å². The molecule has 20 heavy (non-hydrogen) atoms. The van der Waals surface area contributed by atoms with E-state index in [0.717, 1.165) is 44.8 Å². The van der Waals surface area contributed by atoms with E-state index in [4.69, 9.17) is 5.73 Å². The Hall–Kier alpha value is -1.55. The minimum atomic E-state index is 0.282. The first-order valence-corrected chi connectivity index (χ1v) is 7.60. The van der Waals surface area contributed by atoms with Crippen molar-refractivity contribution in [2.45, 2.75) is 32.2 Å². The molecule has 4 nitrogen and oxygen atoms in total. The molecule has 0 radical (unpaired) electrons. The van der Waals surface area contributed by atoms with Gasteiger partial charge in [0.25, 0.3) is 0 Å². The molecule has 1 fully saturated rings. The van der Waals surface area contributed by atoms with Crippen LogP contribution in [0.2, 0.25) is 0 Å². The minimum Gasteiger partial charge on any atom is -0.398 e. The molecule has 1 aromatic rings. The highest BCUT2D eigenvalue weighted by atomic mass is 16.2. The van der Waals surface area contributed by atoms with Crippen molar-refractivity contribution in [2.75, 3.05) is 31.9 Å². The fourth-order valence-electron chi connectivity index (χ4n) is 3.27. The van der Waals surface area contributed by atoms with Gasteiger partial charge in [0.1, 0.15) is 0 Å². The predicted octanol–water partition coefficient (Wildman–Crippen LogP) is 1.64. The molecule has 2 N–H and O–H groups in total. The lowest BCUT2D eigenvalue weighted by Gasteiger charge is -2.30. The monoisotopic (exact) mass is 273 g/mol. The van der Waals surface area contributed by atoms with Crippen LogP contribution in [-0.2, 0) is 17.8 Å². The molecule has 0 spiro atoms. The first kappa shape index (κ1) is 13.4. The Morgan fingerprint density at radius 1 is 1.20 bits per heavy atom. The van der Waals surface area contributed by atoms with E-state index in [1.165, 1.54) is 24.0 Å². The van der Waals surface area contributed by atoms with Crippen molar-refractivity contribution in [1.29, 1.82) is 0 Å². The molecular formula is C16H23N3O. The zero-order chi connectivity index (χ0) is 13.9. The molecule has 0 unspecified atom stereocenters. The van der Waals surface area contributed by atoms with E-state index in [1.807, 2.05) is 17.0 Å². The fraction of sp³-hybridized carbons (Fsp3) is 0.562. The third kappa shape index (κ3) is 2.80. The standard InChI is InChI=1S/C16H23N3O/c17-15-5-3-4-13-12-19(11-6-14(13)15)16(20)7-10-18-8-1-2-9-18/h3-5H,1-2,6-12,17H2. The largest absolute Gasteiger partial charge is 0.398 e. The molecule has 108 valence electrons. The summed E-state index contributed by atoms with van der Waals surface area (Å²) in [5.74, 6) is 0.282. The maximum atomic E-state index is 12.3. The van der Waals surface area contributed by atoms with Gasteiger partial charge in [-0.2, -0.15) is 0 Å². The van der Waals surface area contributed by atoms with E-state index in [2.05, 4.69) is 11.0 Å². The first-order valence-electron chi connectivity index (χ1n) is 7.60. The Bertz CT molecular complexity index is 494. The topological polar surface area (TPSA) is 49.6 Å². The van der Waals surface area contributed by atoms with Crippen LogP contribution < -0.4 is 5.73 Å². The SMILES string of the molecule is Nc1cccc2c1CCN(C(=O)CCN1CCCC1)C2. The summed E-state index contributed by atoms with van der Waals surface area (Å²) in [6, 6.07) is 6.02. The molecule has 1 aromatic carbocycles. The maximum Gasteiger partial charge on any atom is 0.224 e. The van der Waals surface area contributed by atoms with Crippen LogP contribution in [0.3, 0.4) is 0 Å². The highest BCUT2D eigenvalue weighted by Crippen LogP contribution is 2.24. The Kier molecular flexibility index (Phi) is 3.92. The lowest BCUT2D eigenvalue weighted by molar-refractivity contribution is -0.132. The van der Waals surface area contributed by atoms with Gasteiger partial charge in [-0.05, 0) is 49.5 Å². The summed E-state index contributed by atoms with van der Waals surface area (Å²) in [7, 11) is 0. The van der Waals surface area contributed by atoms with Crippen LogP contribution in [0.15, 0.2) is 18.2 Å². The van der Waals surface area contributed by atoms with E-state index >= 15 is 0 Å². The van der Waals surface area contributed by atoms with E-state index < -0.39 is 0 Å². The third-order valence-electron chi connectivity index (χ3n) is 4.50. The predicted molar refractivity (Wildman–Crippen MR) is 80.3 cm³/mol. The fourth-order valence-corrected chi connectivity index (χ4v) is 3.27. The van der Waals surface area contributed by atoms with Crippen LogP contribution in [-0.4, -0.2) is 41.9 Å². The van der Waals surface area contributed by atoms with Crippen LogP contribution in [0, 0.1) is 0 Å². The summed E-state index contributed by atoms with van der Waals surface area (Å²) in [6.45, 7) is 4.76. The van der Waals surface area contributed by atoms with Gasteiger partial charge in [0, 0.05) is 31.7 Å². The molecule has 0 atom stereocenters. The lowest BCUT2D eigenvalue weighted by Crippen LogP contribution is -2.38. The number of fused-ring (bicyclic) bond motifs is 1. The van der Waals surface area contributed by atoms with Crippen molar-refractivity contribution in [3.8, 4) is 0 Å². The molecule has 0 aromatic heterocycles. The van der Waals surface area contributed by atoms with Gasteiger partial charge in [-0.25, -0.2) is 0 Å². The summed E-state index contributed by atoms with van der Waals surface area (Å²) in [4.78, 5) is 16.7. The number of carbonyl (C=O) groups is 1. The Balaban J connectivity index is 1.57. The van der Waals surface area contributed by atoms with Crippen molar-refractivity contribution in [2.24, 2.45) is 0 Å². The lowest BCUT2D eigenvalue weighted by atomic mass is 9.98. The average Bonchev–Trinajstić information content (AvgIpc) is 2.98. The van der Waals surface area contributed by atoms with Gasteiger partial charge in [0.05, 0.1) is 0 Å². The van der Waals surface area contributed by atoms with Crippen molar-refractivity contribution in [1.82, 2.24) is 9.80 Å². The minimum absolute atomic E-state index is 0.282. The molecule has 3 rings (SSSR count). The number of carbonyl (C=O) groups excluding carboxylic acids is 1. The van der Waals surface area contributed by atoms with Crippen LogP contribution in [0.1, 0.15) is 30.4 Å². The first-order chi connectivity index (χ1) is 9.74. The second-order valence-electron chi connectivity index (χ2n) is 5.85. The van der Waals surface area contributed by atoms with Crippen LogP contribution in [0.5, 0.6) is 0 Å². The van der Waals surface area contributed by atoms with Crippen molar-refractivity contribution < 1.29 is 4.79 Å². The van der Waals surface area contributed by atoms with Crippen molar-refractivity contribution >= 4 is 11.6 Å². The number of hydrogen-bond donors (Lipinski definition) is 1.